The SMILES string of the molecule is CNC(=O)[C@H]1COC2(CN(C(=O)c3ccoc3C)C2)CN1CC1CC1. The topological polar surface area (TPSA) is 75.0 Å². The molecule has 2 aliphatic heterocycles. The van der Waals surface area contributed by atoms with Gasteiger partial charge in [-0.25, -0.2) is 0 Å². The highest BCUT2D eigenvalue weighted by molar-refractivity contribution is 5.95. The van der Waals surface area contributed by atoms with E-state index in [9.17, 15) is 9.59 Å². The van der Waals surface area contributed by atoms with E-state index in [1.807, 2.05) is 0 Å². The minimum Gasteiger partial charge on any atom is -0.469 e. The highest BCUT2D eigenvalue weighted by atomic mass is 16.5. The van der Waals surface area contributed by atoms with Gasteiger partial charge in [-0.2, -0.15) is 0 Å². The summed E-state index contributed by atoms with van der Waals surface area (Å²) >= 11 is 0. The van der Waals surface area contributed by atoms with Crippen LogP contribution in [0.1, 0.15) is 29.0 Å². The highest BCUT2D eigenvalue weighted by Gasteiger charge is 2.52. The Morgan fingerprint density at radius 1 is 1.32 bits per heavy atom. The number of morpholine rings is 1. The molecule has 0 aromatic carbocycles. The maximum absolute atomic E-state index is 12.6. The molecule has 25 heavy (non-hydrogen) atoms. The second-order valence-corrected chi connectivity index (χ2v) is 7.55. The average molecular weight is 347 g/mol. The molecular weight excluding hydrogens is 322 g/mol. The number of likely N-dealkylation sites (tertiary alicyclic amines) is 1. The standard InChI is InChI=1S/C18H25N3O4/c1-12-14(5-6-24-12)17(23)21-10-18(11-21)9-20(7-13-3-4-13)15(8-25-18)16(22)19-2/h5-6,13,15H,3-4,7-11H2,1-2H3,(H,19,22)/t15-/m1/s1. The minimum absolute atomic E-state index is 0.0109. The zero-order valence-corrected chi connectivity index (χ0v) is 14.8. The van der Waals surface area contributed by atoms with Crippen molar-refractivity contribution in [3.05, 3.63) is 23.7 Å². The number of nitrogens with one attached hydrogen (secondary N) is 1. The Morgan fingerprint density at radius 2 is 2.08 bits per heavy atom. The van der Waals surface area contributed by atoms with Crippen molar-refractivity contribution < 1.29 is 18.7 Å². The molecule has 1 N–H and O–H groups in total. The summed E-state index contributed by atoms with van der Waals surface area (Å²) in [6.45, 7) is 4.97. The number of rotatable bonds is 4. The third-order valence-electron chi connectivity index (χ3n) is 5.55. The molecule has 1 aromatic rings. The van der Waals surface area contributed by atoms with Crippen molar-refractivity contribution in [2.75, 3.05) is 39.8 Å². The van der Waals surface area contributed by atoms with Gasteiger partial charge in [0, 0.05) is 20.1 Å². The molecule has 1 atom stereocenters. The predicted molar refractivity (Wildman–Crippen MR) is 90.2 cm³/mol. The maximum Gasteiger partial charge on any atom is 0.257 e. The third-order valence-corrected chi connectivity index (χ3v) is 5.55. The highest BCUT2D eigenvalue weighted by Crippen LogP contribution is 2.36. The number of ether oxygens (including phenoxy) is 1. The maximum atomic E-state index is 12.6. The number of hydrogen-bond donors (Lipinski definition) is 1. The van der Waals surface area contributed by atoms with E-state index in [4.69, 9.17) is 9.15 Å². The van der Waals surface area contributed by atoms with Crippen molar-refractivity contribution in [2.24, 2.45) is 5.92 Å². The summed E-state index contributed by atoms with van der Waals surface area (Å²) in [5.41, 5.74) is 0.274. The van der Waals surface area contributed by atoms with Gasteiger partial charge in [-0.15, -0.1) is 0 Å². The van der Waals surface area contributed by atoms with E-state index in [2.05, 4.69) is 10.2 Å². The molecule has 3 fully saturated rings. The van der Waals surface area contributed by atoms with Crippen molar-refractivity contribution in [3.63, 3.8) is 0 Å². The van der Waals surface area contributed by atoms with Crippen molar-refractivity contribution in [3.8, 4) is 0 Å². The lowest BCUT2D eigenvalue weighted by Gasteiger charge is -2.55. The first-order valence-corrected chi connectivity index (χ1v) is 8.94. The van der Waals surface area contributed by atoms with Gasteiger partial charge in [-0.1, -0.05) is 0 Å². The number of nitrogens with zero attached hydrogens (tertiary/aromatic N) is 2. The van der Waals surface area contributed by atoms with Crippen LogP contribution >= 0.6 is 0 Å². The summed E-state index contributed by atoms with van der Waals surface area (Å²) in [7, 11) is 1.67. The fourth-order valence-electron chi connectivity index (χ4n) is 3.88. The van der Waals surface area contributed by atoms with Crippen LogP contribution in [-0.4, -0.2) is 73.1 Å². The predicted octanol–water partition coefficient (Wildman–Crippen LogP) is 0.639. The molecule has 0 radical (unpaired) electrons. The lowest BCUT2D eigenvalue weighted by molar-refractivity contribution is -0.191. The normalized spacial score (nSPS) is 25.7. The van der Waals surface area contributed by atoms with Crippen LogP contribution in [-0.2, 0) is 9.53 Å². The Balaban J connectivity index is 1.41. The number of carbonyl (C=O) groups excluding carboxylic acids is 2. The summed E-state index contributed by atoms with van der Waals surface area (Å²) in [4.78, 5) is 28.8. The van der Waals surface area contributed by atoms with Crippen LogP contribution < -0.4 is 5.32 Å². The summed E-state index contributed by atoms with van der Waals surface area (Å²) < 4.78 is 11.3. The van der Waals surface area contributed by atoms with E-state index in [-0.39, 0.29) is 23.5 Å². The summed E-state index contributed by atoms with van der Waals surface area (Å²) in [5.74, 6) is 1.35. The zero-order chi connectivity index (χ0) is 17.6. The quantitative estimate of drug-likeness (QED) is 0.865. The molecule has 1 saturated carbocycles. The Morgan fingerprint density at radius 3 is 2.68 bits per heavy atom. The van der Waals surface area contributed by atoms with E-state index in [0.717, 1.165) is 6.54 Å². The molecule has 7 nitrogen and oxygen atoms in total. The number of aryl methyl sites for hydroxylation is 1. The van der Waals surface area contributed by atoms with Gasteiger partial charge >= 0.3 is 0 Å². The lowest BCUT2D eigenvalue weighted by atomic mass is 9.89. The van der Waals surface area contributed by atoms with Crippen molar-refractivity contribution in [2.45, 2.75) is 31.4 Å². The van der Waals surface area contributed by atoms with Gasteiger partial charge in [0.05, 0.1) is 31.5 Å². The van der Waals surface area contributed by atoms with Crippen LogP contribution in [0.3, 0.4) is 0 Å². The Labute approximate surface area is 147 Å². The fourth-order valence-corrected chi connectivity index (χ4v) is 3.88. The molecule has 4 rings (SSSR count). The molecule has 2 amide bonds. The average Bonchev–Trinajstić information content (AvgIpc) is 3.29. The number of likely N-dealkylation sites (N-methyl/N-ethyl adjacent to an activating group) is 1. The Kier molecular flexibility index (Phi) is 4.08. The molecule has 0 bridgehead atoms. The number of amides is 2. The van der Waals surface area contributed by atoms with Gasteiger partial charge in [0.2, 0.25) is 5.91 Å². The van der Waals surface area contributed by atoms with Crippen molar-refractivity contribution in [1.29, 1.82) is 0 Å². The summed E-state index contributed by atoms with van der Waals surface area (Å²) in [6.07, 6.45) is 4.03. The van der Waals surface area contributed by atoms with E-state index < -0.39 is 0 Å². The minimum atomic E-state index is -0.341. The first-order chi connectivity index (χ1) is 12.0. The van der Waals surface area contributed by atoms with Crippen molar-refractivity contribution in [1.82, 2.24) is 15.1 Å². The second-order valence-electron chi connectivity index (χ2n) is 7.55. The molecule has 2 saturated heterocycles. The Hall–Kier alpha value is -1.86. The fraction of sp³-hybridized carbons (Fsp3) is 0.667. The molecule has 3 heterocycles. The molecule has 1 spiro atoms. The van der Waals surface area contributed by atoms with E-state index in [1.165, 1.54) is 12.8 Å². The monoisotopic (exact) mass is 347 g/mol. The largest absolute Gasteiger partial charge is 0.469 e. The molecular formula is C18H25N3O4. The van der Waals surface area contributed by atoms with E-state index in [0.29, 0.717) is 43.5 Å². The van der Waals surface area contributed by atoms with Crippen LogP contribution in [0.25, 0.3) is 0 Å². The number of hydrogen-bond acceptors (Lipinski definition) is 5. The molecule has 7 heteroatoms. The molecule has 3 aliphatic rings. The van der Waals surface area contributed by atoms with Crippen LogP contribution in [0.5, 0.6) is 0 Å². The Bertz CT molecular complexity index is 676. The van der Waals surface area contributed by atoms with Crippen LogP contribution in [0.4, 0.5) is 0 Å². The first-order valence-electron chi connectivity index (χ1n) is 8.94. The van der Waals surface area contributed by atoms with Gasteiger partial charge in [0.15, 0.2) is 0 Å². The lowest BCUT2D eigenvalue weighted by Crippen LogP contribution is -2.73. The number of carbonyl (C=O) groups is 2. The zero-order valence-electron chi connectivity index (χ0n) is 14.8. The van der Waals surface area contributed by atoms with Gasteiger partial charge in [0.25, 0.3) is 5.91 Å². The van der Waals surface area contributed by atoms with Gasteiger partial charge in [0.1, 0.15) is 17.4 Å². The molecule has 1 aromatic heterocycles. The van der Waals surface area contributed by atoms with Gasteiger partial charge in [-0.05, 0) is 31.7 Å². The molecule has 0 unspecified atom stereocenters. The summed E-state index contributed by atoms with van der Waals surface area (Å²) in [6, 6.07) is 1.49. The smallest absolute Gasteiger partial charge is 0.257 e. The second kappa shape index (κ2) is 6.14. The van der Waals surface area contributed by atoms with E-state index in [1.54, 1.807) is 31.2 Å². The van der Waals surface area contributed by atoms with Crippen LogP contribution in [0.2, 0.25) is 0 Å². The number of furan rings is 1. The summed E-state index contributed by atoms with van der Waals surface area (Å²) in [5, 5.41) is 2.74. The van der Waals surface area contributed by atoms with Crippen LogP contribution in [0.15, 0.2) is 16.7 Å². The van der Waals surface area contributed by atoms with E-state index >= 15 is 0 Å². The van der Waals surface area contributed by atoms with Crippen LogP contribution in [0, 0.1) is 12.8 Å². The third kappa shape index (κ3) is 3.06. The van der Waals surface area contributed by atoms with Gasteiger partial charge in [-0.3, -0.25) is 14.5 Å². The van der Waals surface area contributed by atoms with Crippen molar-refractivity contribution >= 4 is 11.8 Å². The molecule has 136 valence electrons. The molecule has 1 aliphatic carbocycles. The first kappa shape index (κ1) is 16.6. The van der Waals surface area contributed by atoms with Gasteiger partial charge < -0.3 is 19.4 Å².